The zero-order valence-electron chi connectivity index (χ0n) is 10.0. The van der Waals surface area contributed by atoms with E-state index in [4.69, 9.17) is 11.6 Å². The van der Waals surface area contributed by atoms with Gasteiger partial charge in [0.2, 0.25) is 0 Å². The fourth-order valence-electron chi connectivity index (χ4n) is 1.59. The van der Waals surface area contributed by atoms with Gasteiger partial charge in [-0.2, -0.15) is 0 Å². The van der Waals surface area contributed by atoms with Crippen molar-refractivity contribution >= 4 is 39.1 Å². The van der Waals surface area contributed by atoms with Crippen molar-refractivity contribution in [3.8, 4) is 0 Å². The normalized spacial score (nSPS) is 10.3. The number of carbonyl (C=O) groups excluding carboxylic acids is 1. The van der Waals surface area contributed by atoms with Crippen LogP contribution in [0.4, 0.5) is 10.1 Å². The number of hydrogen-bond donors (Lipinski definition) is 1. The van der Waals surface area contributed by atoms with Gasteiger partial charge >= 0.3 is 0 Å². The Bertz CT molecular complexity index is 645. The molecule has 0 bridgehead atoms. The van der Waals surface area contributed by atoms with Crippen LogP contribution < -0.4 is 5.32 Å². The summed E-state index contributed by atoms with van der Waals surface area (Å²) in [4.78, 5) is 12.0. The third-order valence-electron chi connectivity index (χ3n) is 2.62. The van der Waals surface area contributed by atoms with E-state index in [2.05, 4.69) is 21.2 Å². The highest BCUT2D eigenvalue weighted by atomic mass is 79.9. The van der Waals surface area contributed by atoms with Crippen LogP contribution >= 0.6 is 27.5 Å². The van der Waals surface area contributed by atoms with E-state index < -0.39 is 11.7 Å². The van der Waals surface area contributed by atoms with Crippen molar-refractivity contribution in [1.82, 2.24) is 0 Å². The number of halogens is 3. The predicted octanol–water partition coefficient (Wildman–Crippen LogP) is 4.80. The van der Waals surface area contributed by atoms with Gasteiger partial charge in [0.25, 0.3) is 5.91 Å². The lowest BCUT2D eigenvalue weighted by Gasteiger charge is -2.09. The van der Waals surface area contributed by atoms with Crippen LogP contribution in [-0.4, -0.2) is 5.91 Å². The highest BCUT2D eigenvalue weighted by Gasteiger charge is 2.13. The quantitative estimate of drug-likeness (QED) is 0.834. The van der Waals surface area contributed by atoms with E-state index in [-0.39, 0.29) is 5.56 Å². The SMILES string of the molecule is Cc1ccc(Cl)cc1NC(=O)c1ccc(Br)cc1F. The van der Waals surface area contributed by atoms with Gasteiger partial charge < -0.3 is 5.32 Å². The van der Waals surface area contributed by atoms with Crippen molar-refractivity contribution in [3.63, 3.8) is 0 Å². The van der Waals surface area contributed by atoms with Crippen LogP contribution in [0.25, 0.3) is 0 Å². The molecule has 0 heterocycles. The Morgan fingerprint density at radius 2 is 2.00 bits per heavy atom. The number of rotatable bonds is 2. The summed E-state index contributed by atoms with van der Waals surface area (Å²) in [5.74, 6) is -1.08. The minimum absolute atomic E-state index is 0.0115. The van der Waals surface area contributed by atoms with E-state index in [1.54, 1.807) is 24.3 Å². The average Bonchev–Trinajstić information content (AvgIpc) is 2.33. The minimum atomic E-state index is -0.577. The maximum Gasteiger partial charge on any atom is 0.258 e. The third kappa shape index (κ3) is 3.33. The molecule has 2 aromatic carbocycles. The number of carbonyl (C=O) groups is 1. The second-order valence-corrected chi connectivity index (χ2v) is 5.39. The van der Waals surface area contributed by atoms with Crippen LogP contribution in [0.5, 0.6) is 0 Å². The smallest absolute Gasteiger partial charge is 0.258 e. The van der Waals surface area contributed by atoms with Gasteiger partial charge in [-0.05, 0) is 42.8 Å². The molecule has 2 nitrogen and oxygen atoms in total. The van der Waals surface area contributed by atoms with Gasteiger partial charge in [-0.15, -0.1) is 0 Å². The first-order chi connectivity index (χ1) is 8.97. The molecule has 19 heavy (non-hydrogen) atoms. The first-order valence-electron chi connectivity index (χ1n) is 5.50. The predicted molar refractivity (Wildman–Crippen MR) is 78.2 cm³/mol. The lowest BCUT2D eigenvalue weighted by atomic mass is 10.1. The highest BCUT2D eigenvalue weighted by molar-refractivity contribution is 9.10. The number of benzene rings is 2. The van der Waals surface area contributed by atoms with Gasteiger partial charge in [0.1, 0.15) is 5.82 Å². The monoisotopic (exact) mass is 341 g/mol. The van der Waals surface area contributed by atoms with Gasteiger partial charge in [0.15, 0.2) is 0 Å². The molecule has 0 aliphatic rings. The molecule has 0 spiro atoms. The summed E-state index contributed by atoms with van der Waals surface area (Å²) in [5, 5.41) is 3.16. The van der Waals surface area contributed by atoms with Gasteiger partial charge in [-0.3, -0.25) is 4.79 Å². The summed E-state index contributed by atoms with van der Waals surface area (Å²) >= 11 is 9.01. The zero-order chi connectivity index (χ0) is 14.0. The first kappa shape index (κ1) is 14.0. The van der Waals surface area contributed by atoms with E-state index in [0.717, 1.165) is 5.56 Å². The maximum absolute atomic E-state index is 13.7. The molecule has 2 aromatic rings. The van der Waals surface area contributed by atoms with Crippen molar-refractivity contribution < 1.29 is 9.18 Å². The Morgan fingerprint density at radius 1 is 1.26 bits per heavy atom. The Balaban J connectivity index is 2.28. The van der Waals surface area contributed by atoms with Gasteiger partial charge in [-0.25, -0.2) is 4.39 Å². The minimum Gasteiger partial charge on any atom is -0.322 e. The van der Waals surface area contributed by atoms with Crippen LogP contribution in [0, 0.1) is 12.7 Å². The molecular weight excluding hydrogens is 333 g/mol. The fraction of sp³-hybridized carbons (Fsp3) is 0.0714. The molecule has 5 heteroatoms. The molecule has 0 saturated heterocycles. The Hall–Kier alpha value is -1.39. The van der Waals surface area contributed by atoms with Crippen LogP contribution in [0.15, 0.2) is 40.9 Å². The van der Waals surface area contributed by atoms with E-state index in [0.29, 0.717) is 15.2 Å². The summed E-state index contributed by atoms with van der Waals surface area (Å²) in [6.45, 7) is 1.84. The van der Waals surface area contributed by atoms with E-state index in [1.807, 2.05) is 6.92 Å². The van der Waals surface area contributed by atoms with E-state index in [1.165, 1.54) is 12.1 Å². The third-order valence-corrected chi connectivity index (χ3v) is 3.35. The molecule has 0 atom stereocenters. The Labute approximate surface area is 123 Å². The second-order valence-electron chi connectivity index (χ2n) is 4.04. The second kappa shape index (κ2) is 5.72. The molecular formula is C14H10BrClFNO. The summed E-state index contributed by atoms with van der Waals surface area (Å²) in [7, 11) is 0. The first-order valence-corrected chi connectivity index (χ1v) is 6.67. The lowest BCUT2D eigenvalue weighted by molar-refractivity contribution is 0.102. The molecule has 0 unspecified atom stereocenters. The maximum atomic E-state index is 13.7. The summed E-state index contributed by atoms with van der Waals surface area (Å²) in [6, 6.07) is 9.44. The molecule has 98 valence electrons. The van der Waals surface area contributed by atoms with E-state index in [9.17, 15) is 9.18 Å². The van der Waals surface area contributed by atoms with E-state index >= 15 is 0 Å². The summed E-state index contributed by atoms with van der Waals surface area (Å²) < 4.78 is 14.3. The number of aryl methyl sites for hydroxylation is 1. The molecule has 1 N–H and O–H groups in total. The molecule has 0 fully saturated rings. The van der Waals surface area contributed by atoms with Crippen molar-refractivity contribution in [3.05, 3.63) is 62.8 Å². The molecule has 0 aliphatic carbocycles. The van der Waals surface area contributed by atoms with Crippen LogP contribution in [0.1, 0.15) is 15.9 Å². The Kier molecular flexibility index (Phi) is 4.22. The summed E-state index contributed by atoms with van der Waals surface area (Å²) in [6.07, 6.45) is 0. The average molecular weight is 343 g/mol. The van der Waals surface area contributed by atoms with Crippen molar-refractivity contribution in [2.24, 2.45) is 0 Å². The largest absolute Gasteiger partial charge is 0.322 e. The highest BCUT2D eigenvalue weighted by Crippen LogP contribution is 2.22. The van der Waals surface area contributed by atoms with Crippen LogP contribution in [0.3, 0.4) is 0 Å². The Morgan fingerprint density at radius 3 is 2.68 bits per heavy atom. The van der Waals surface area contributed by atoms with Crippen molar-refractivity contribution in [2.75, 3.05) is 5.32 Å². The number of amides is 1. The molecule has 2 rings (SSSR count). The lowest BCUT2D eigenvalue weighted by Crippen LogP contribution is -2.14. The van der Waals surface area contributed by atoms with Gasteiger partial charge in [0.05, 0.1) is 5.56 Å². The van der Waals surface area contributed by atoms with Gasteiger partial charge in [-0.1, -0.05) is 33.6 Å². The zero-order valence-corrected chi connectivity index (χ0v) is 12.3. The van der Waals surface area contributed by atoms with Crippen LogP contribution in [-0.2, 0) is 0 Å². The molecule has 0 saturated carbocycles. The van der Waals surface area contributed by atoms with Crippen LogP contribution in [0.2, 0.25) is 5.02 Å². The molecule has 0 aliphatic heterocycles. The molecule has 1 amide bonds. The molecule has 0 aromatic heterocycles. The number of anilines is 1. The fourth-order valence-corrected chi connectivity index (χ4v) is 2.10. The summed E-state index contributed by atoms with van der Waals surface area (Å²) in [5.41, 5.74) is 1.41. The topological polar surface area (TPSA) is 29.1 Å². The van der Waals surface area contributed by atoms with Crippen molar-refractivity contribution in [2.45, 2.75) is 6.92 Å². The number of hydrogen-bond acceptors (Lipinski definition) is 1. The van der Waals surface area contributed by atoms with Gasteiger partial charge in [0, 0.05) is 15.2 Å². The van der Waals surface area contributed by atoms with Crippen molar-refractivity contribution in [1.29, 1.82) is 0 Å². The standard InChI is InChI=1S/C14H10BrClFNO/c1-8-2-4-10(16)7-13(8)18-14(19)11-5-3-9(15)6-12(11)17/h2-7H,1H3,(H,18,19). The molecule has 0 radical (unpaired) electrons. The number of nitrogens with one attached hydrogen (secondary N) is 1.